The Hall–Kier alpha value is -1.09. The first kappa shape index (κ1) is 12.0. The van der Waals surface area contributed by atoms with Crippen LogP contribution in [-0.4, -0.2) is 22.3 Å². The van der Waals surface area contributed by atoms with Gasteiger partial charge in [0.15, 0.2) is 0 Å². The van der Waals surface area contributed by atoms with Crippen molar-refractivity contribution in [2.45, 2.75) is 45.6 Å². The number of aliphatic carboxylic acids is 1. The fraction of sp³-hybridized carbons (Fsp3) is 0.583. The monoisotopic (exact) mass is 210 g/mol. The quantitative estimate of drug-likeness (QED) is 0.702. The van der Waals surface area contributed by atoms with Crippen LogP contribution in [0.5, 0.6) is 0 Å². The molecule has 0 aliphatic heterocycles. The Morgan fingerprint density at radius 2 is 2.20 bits per heavy atom. The van der Waals surface area contributed by atoms with E-state index >= 15 is 0 Å². The average molecular weight is 210 g/mol. The lowest BCUT2D eigenvalue weighted by Gasteiger charge is -2.21. The van der Waals surface area contributed by atoms with E-state index < -0.39 is 5.97 Å². The topological polar surface area (TPSA) is 57.5 Å². The maximum Gasteiger partial charge on any atom is 0.303 e. The van der Waals surface area contributed by atoms with Crippen molar-refractivity contribution < 1.29 is 15.0 Å². The molecule has 2 N–H and O–H groups in total. The first-order valence-electron chi connectivity index (χ1n) is 5.24. The standard InChI is InChI=1S/C12H18O3/c1-8(4-6-12(14)15)10-5-3-9(2)11(13)7-10/h3,11,13H,4-7H2,1-2H3,(H,14,15)/b10-8+/t11-/m0/s1. The fourth-order valence-corrected chi connectivity index (χ4v) is 1.72. The van der Waals surface area contributed by atoms with E-state index in [9.17, 15) is 9.90 Å². The van der Waals surface area contributed by atoms with Crippen LogP contribution in [0, 0.1) is 0 Å². The normalized spacial score (nSPS) is 24.7. The molecule has 84 valence electrons. The minimum Gasteiger partial charge on any atom is -0.481 e. The van der Waals surface area contributed by atoms with Gasteiger partial charge in [-0.1, -0.05) is 17.2 Å². The van der Waals surface area contributed by atoms with Crippen molar-refractivity contribution in [3.05, 3.63) is 22.8 Å². The first-order chi connectivity index (χ1) is 7.00. The minimum atomic E-state index is -0.766. The molecular weight excluding hydrogens is 192 g/mol. The number of carboxylic acids is 1. The van der Waals surface area contributed by atoms with E-state index in [4.69, 9.17) is 5.11 Å². The van der Waals surface area contributed by atoms with Gasteiger partial charge in [0, 0.05) is 6.42 Å². The molecule has 0 radical (unpaired) electrons. The third kappa shape index (κ3) is 3.51. The number of carbonyl (C=O) groups is 1. The second kappa shape index (κ2) is 5.12. The molecule has 15 heavy (non-hydrogen) atoms. The summed E-state index contributed by atoms with van der Waals surface area (Å²) in [5.74, 6) is -0.766. The molecule has 0 aromatic rings. The highest BCUT2D eigenvalue weighted by Gasteiger charge is 2.16. The highest BCUT2D eigenvalue weighted by Crippen LogP contribution is 2.27. The third-order valence-electron chi connectivity index (χ3n) is 2.95. The molecule has 0 amide bonds. The summed E-state index contributed by atoms with van der Waals surface area (Å²) in [7, 11) is 0. The zero-order chi connectivity index (χ0) is 11.4. The molecular formula is C12H18O3. The highest BCUT2D eigenvalue weighted by molar-refractivity contribution is 5.67. The van der Waals surface area contributed by atoms with Gasteiger partial charge in [-0.3, -0.25) is 4.79 Å². The molecule has 0 aromatic heterocycles. The second-order valence-corrected chi connectivity index (χ2v) is 4.15. The van der Waals surface area contributed by atoms with Crippen molar-refractivity contribution in [1.29, 1.82) is 0 Å². The van der Waals surface area contributed by atoms with Gasteiger partial charge in [-0.25, -0.2) is 0 Å². The number of rotatable bonds is 3. The smallest absolute Gasteiger partial charge is 0.303 e. The molecule has 1 atom stereocenters. The zero-order valence-electron chi connectivity index (χ0n) is 9.29. The highest BCUT2D eigenvalue weighted by atomic mass is 16.4. The van der Waals surface area contributed by atoms with E-state index in [2.05, 4.69) is 0 Å². The molecule has 0 unspecified atom stereocenters. The van der Waals surface area contributed by atoms with E-state index in [0.29, 0.717) is 12.8 Å². The SMILES string of the molecule is CC1=CC/C(=C(/C)CCC(=O)O)C[C@@H]1O. The molecule has 1 rings (SSSR count). The maximum atomic E-state index is 10.4. The summed E-state index contributed by atoms with van der Waals surface area (Å²) in [5.41, 5.74) is 3.32. The fourth-order valence-electron chi connectivity index (χ4n) is 1.72. The lowest BCUT2D eigenvalue weighted by molar-refractivity contribution is -0.136. The van der Waals surface area contributed by atoms with Gasteiger partial charge < -0.3 is 10.2 Å². The molecule has 0 heterocycles. The number of aliphatic hydroxyl groups excluding tert-OH is 1. The van der Waals surface area contributed by atoms with Gasteiger partial charge in [-0.05, 0) is 38.7 Å². The molecule has 3 heteroatoms. The summed E-state index contributed by atoms with van der Waals surface area (Å²) < 4.78 is 0. The van der Waals surface area contributed by atoms with Crippen LogP contribution < -0.4 is 0 Å². The predicted molar refractivity (Wildman–Crippen MR) is 58.6 cm³/mol. The van der Waals surface area contributed by atoms with Crippen LogP contribution in [0.1, 0.15) is 39.5 Å². The van der Waals surface area contributed by atoms with Crippen molar-refractivity contribution in [2.75, 3.05) is 0 Å². The largest absolute Gasteiger partial charge is 0.481 e. The van der Waals surface area contributed by atoms with Gasteiger partial charge in [0.1, 0.15) is 0 Å². The van der Waals surface area contributed by atoms with Crippen molar-refractivity contribution in [3.8, 4) is 0 Å². The van der Waals surface area contributed by atoms with Crippen LogP contribution in [0.25, 0.3) is 0 Å². The molecule has 0 aromatic carbocycles. The van der Waals surface area contributed by atoms with E-state index in [1.165, 1.54) is 5.57 Å². The Morgan fingerprint density at radius 3 is 2.73 bits per heavy atom. The lowest BCUT2D eigenvalue weighted by Crippen LogP contribution is -2.14. The summed E-state index contributed by atoms with van der Waals surface area (Å²) in [5, 5.41) is 18.2. The molecule has 0 fully saturated rings. The molecule has 3 nitrogen and oxygen atoms in total. The Morgan fingerprint density at radius 1 is 1.53 bits per heavy atom. The summed E-state index contributed by atoms with van der Waals surface area (Å²) in [6.07, 6.45) is 3.92. The Bertz CT molecular complexity index is 313. The maximum absolute atomic E-state index is 10.4. The number of hydrogen-bond acceptors (Lipinski definition) is 2. The third-order valence-corrected chi connectivity index (χ3v) is 2.95. The molecule has 0 saturated carbocycles. The summed E-state index contributed by atoms with van der Waals surface area (Å²) in [6, 6.07) is 0. The van der Waals surface area contributed by atoms with Crippen molar-refractivity contribution in [3.63, 3.8) is 0 Å². The molecule has 0 saturated heterocycles. The predicted octanol–water partition coefficient (Wildman–Crippen LogP) is 2.27. The van der Waals surface area contributed by atoms with E-state index in [1.54, 1.807) is 0 Å². The van der Waals surface area contributed by atoms with Gasteiger partial charge in [0.2, 0.25) is 0 Å². The number of allylic oxidation sites excluding steroid dienone is 2. The second-order valence-electron chi connectivity index (χ2n) is 4.15. The zero-order valence-corrected chi connectivity index (χ0v) is 9.29. The van der Waals surface area contributed by atoms with Crippen molar-refractivity contribution >= 4 is 5.97 Å². The summed E-state index contributed by atoms with van der Waals surface area (Å²) in [4.78, 5) is 10.4. The summed E-state index contributed by atoms with van der Waals surface area (Å²) in [6.45, 7) is 3.88. The molecule has 1 aliphatic rings. The van der Waals surface area contributed by atoms with Crippen LogP contribution in [0.15, 0.2) is 22.8 Å². The first-order valence-corrected chi connectivity index (χ1v) is 5.24. The van der Waals surface area contributed by atoms with Crippen LogP contribution in [0.2, 0.25) is 0 Å². The number of aliphatic hydroxyl groups is 1. The molecule has 1 aliphatic carbocycles. The average Bonchev–Trinajstić information content (AvgIpc) is 2.18. The number of carboxylic acid groups (broad SMARTS) is 1. The molecule has 0 bridgehead atoms. The Kier molecular flexibility index (Phi) is 4.09. The van der Waals surface area contributed by atoms with Gasteiger partial charge >= 0.3 is 5.97 Å². The van der Waals surface area contributed by atoms with Crippen LogP contribution in [0.3, 0.4) is 0 Å². The van der Waals surface area contributed by atoms with Crippen molar-refractivity contribution in [2.24, 2.45) is 0 Å². The Labute approximate surface area is 90.1 Å². The van der Waals surface area contributed by atoms with E-state index in [0.717, 1.165) is 17.6 Å². The van der Waals surface area contributed by atoms with Gasteiger partial charge in [0.25, 0.3) is 0 Å². The van der Waals surface area contributed by atoms with Crippen molar-refractivity contribution in [1.82, 2.24) is 0 Å². The lowest BCUT2D eigenvalue weighted by atomic mass is 9.89. The van der Waals surface area contributed by atoms with Crippen LogP contribution in [0.4, 0.5) is 0 Å². The number of hydrogen-bond donors (Lipinski definition) is 2. The van der Waals surface area contributed by atoms with E-state index in [1.807, 2.05) is 19.9 Å². The van der Waals surface area contributed by atoms with E-state index in [-0.39, 0.29) is 12.5 Å². The van der Waals surface area contributed by atoms with Gasteiger partial charge in [-0.2, -0.15) is 0 Å². The van der Waals surface area contributed by atoms with Gasteiger partial charge in [0.05, 0.1) is 6.10 Å². The van der Waals surface area contributed by atoms with Crippen LogP contribution in [-0.2, 0) is 4.79 Å². The minimum absolute atomic E-state index is 0.175. The van der Waals surface area contributed by atoms with Gasteiger partial charge in [-0.15, -0.1) is 0 Å². The molecule has 0 spiro atoms. The van der Waals surface area contributed by atoms with Crippen LogP contribution >= 0.6 is 0 Å². The Balaban J connectivity index is 2.63. The summed E-state index contributed by atoms with van der Waals surface area (Å²) >= 11 is 0.